The van der Waals surface area contributed by atoms with Gasteiger partial charge in [0.1, 0.15) is 0 Å². The third kappa shape index (κ3) is 17.7. The van der Waals surface area contributed by atoms with Gasteiger partial charge in [0.25, 0.3) is 0 Å². The van der Waals surface area contributed by atoms with Gasteiger partial charge in [0, 0.05) is 167 Å². The number of hydrogen-bond donors (Lipinski definition) is 0. The molecular weight excluding hydrogens is 576 g/mol. The van der Waals surface area contributed by atoms with Gasteiger partial charge in [-0.05, 0) is 0 Å². The zero-order chi connectivity index (χ0) is 0. The Morgan fingerprint density at radius 2 is 0.400 bits per heavy atom. The number of hydrogen-bond acceptors (Lipinski definition) is 0. The van der Waals surface area contributed by atoms with E-state index in [1.165, 1.54) is 0 Å². The molecule has 0 radical (unpaired) electrons. The molecule has 0 saturated carbocycles. The van der Waals surface area contributed by atoms with Crippen molar-refractivity contribution in [2.75, 3.05) is 0 Å². The maximum atomic E-state index is 0. The summed E-state index contributed by atoms with van der Waals surface area (Å²) < 4.78 is 0. The van der Waals surface area contributed by atoms with E-state index < -0.39 is 0 Å². The van der Waals surface area contributed by atoms with Crippen LogP contribution < -0.4 is 0 Å². The van der Waals surface area contributed by atoms with Crippen molar-refractivity contribution >= 4 is 0 Å². The Bertz CT molecular complexity index is 3.61. The first-order chi connectivity index (χ1) is 0. The van der Waals surface area contributed by atoms with Gasteiger partial charge in [-0.3, -0.25) is 0 Å². The zero-order valence-electron chi connectivity index (χ0n) is 2.50. The molecule has 0 heterocycles. The molecule has 0 aliphatic carbocycles. The monoisotopic (exact) mass is 578 g/mol. The normalized spacial score (nSPS) is 0. The van der Waals surface area contributed by atoms with Gasteiger partial charge in [-0.25, -0.2) is 0 Å². The second-order valence-corrected chi connectivity index (χ2v) is 0. The SMILES string of the molecule is O.[Ce].[Ce].[Ce].[Ce]. The van der Waals surface area contributed by atoms with Crippen LogP contribution in [0.4, 0.5) is 0 Å². The molecule has 0 atom stereocenters. The van der Waals surface area contributed by atoms with Crippen LogP contribution in [0.3, 0.4) is 0 Å². The summed E-state index contributed by atoms with van der Waals surface area (Å²) in [4.78, 5) is 0. The molecule has 2 N–H and O–H groups in total. The Labute approximate surface area is 166 Å². The molecule has 0 saturated heterocycles. The zero-order valence-corrected chi connectivity index (χ0v) is 15.1. The quantitative estimate of drug-likeness (QED) is 0.360. The average molecular weight is 578 g/mol. The van der Waals surface area contributed by atoms with Crippen molar-refractivity contribution in [3.63, 3.8) is 0 Å². The van der Waals surface area contributed by atoms with Crippen molar-refractivity contribution in [2.45, 2.75) is 0 Å². The molecule has 0 unspecified atom stereocenters. The van der Waals surface area contributed by atoms with Crippen LogP contribution in [-0.2, 0) is 0 Å². The fourth-order valence-electron chi connectivity index (χ4n) is 0. The topological polar surface area (TPSA) is 31.5 Å². The van der Waals surface area contributed by atoms with E-state index in [4.69, 9.17) is 0 Å². The first-order valence-electron chi connectivity index (χ1n) is 0. The Kier molecular flexibility index (Phi) is 143. The summed E-state index contributed by atoms with van der Waals surface area (Å²) in [7, 11) is 0. The van der Waals surface area contributed by atoms with Gasteiger partial charge >= 0.3 is 0 Å². The van der Waals surface area contributed by atoms with Gasteiger partial charge in [-0.2, -0.15) is 0 Å². The molecule has 0 aromatic heterocycles. The number of rotatable bonds is 0. The second kappa shape index (κ2) is 22.7. The van der Waals surface area contributed by atoms with Crippen LogP contribution in [0.5, 0.6) is 0 Å². The van der Waals surface area contributed by atoms with E-state index >= 15 is 0 Å². The molecule has 0 fully saturated rings. The van der Waals surface area contributed by atoms with Crippen LogP contribution in [0, 0.1) is 167 Å². The maximum Gasteiger partial charge on any atom is 0 e. The summed E-state index contributed by atoms with van der Waals surface area (Å²) in [5, 5.41) is 0. The average Bonchev–Trinajstić information content (AvgIpc) is 0. The van der Waals surface area contributed by atoms with Crippen molar-refractivity contribution < 1.29 is 172 Å². The summed E-state index contributed by atoms with van der Waals surface area (Å²) in [5.74, 6) is 0. The van der Waals surface area contributed by atoms with E-state index in [0.717, 1.165) is 0 Å². The molecule has 1 nitrogen and oxygen atoms in total. The summed E-state index contributed by atoms with van der Waals surface area (Å²) >= 11 is 0. The summed E-state index contributed by atoms with van der Waals surface area (Å²) in [6.45, 7) is 0. The first-order valence-corrected chi connectivity index (χ1v) is 0. The summed E-state index contributed by atoms with van der Waals surface area (Å²) in [6, 6.07) is 0. The molecule has 0 aromatic carbocycles. The standard InChI is InChI=1S/4Ce.H2O/h;;;;1H2. The van der Waals surface area contributed by atoms with Crippen molar-refractivity contribution in [1.29, 1.82) is 0 Å². The predicted octanol–water partition coefficient (Wildman–Crippen LogP) is -0.825. The van der Waals surface area contributed by atoms with Crippen LogP contribution >= 0.6 is 0 Å². The van der Waals surface area contributed by atoms with E-state index in [9.17, 15) is 0 Å². The molecule has 0 aromatic rings. The van der Waals surface area contributed by atoms with E-state index in [2.05, 4.69) is 0 Å². The second-order valence-electron chi connectivity index (χ2n) is 0. The molecule has 5 heavy (non-hydrogen) atoms. The summed E-state index contributed by atoms with van der Waals surface area (Å²) in [5.41, 5.74) is 0. The van der Waals surface area contributed by atoms with E-state index in [1.807, 2.05) is 0 Å². The minimum absolute atomic E-state index is 0. The first kappa shape index (κ1) is 31.4. The van der Waals surface area contributed by atoms with Crippen LogP contribution in [0.1, 0.15) is 0 Å². The minimum Gasteiger partial charge on any atom is -0.412 e. The fraction of sp³-hybridized carbons (Fsp3) is 0. The largest absolute Gasteiger partial charge is 0.412 e. The third-order valence-electron chi connectivity index (χ3n) is 0. The molecule has 0 amide bonds. The van der Waals surface area contributed by atoms with Crippen molar-refractivity contribution in [1.82, 2.24) is 0 Å². The molecule has 24 valence electrons. The van der Waals surface area contributed by atoms with Crippen LogP contribution in [0.2, 0.25) is 0 Å². The van der Waals surface area contributed by atoms with Crippen LogP contribution in [0.15, 0.2) is 0 Å². The molecule has 0 rings (SSSR count). The van der Waals surface area contributed by atoms with Crippen molar-refractivity contribution in [2.24, 2.45) is 0 Å². The van der Waals surface area contributed by atoms with Gasteiger partial charge in [0.05, 0.1) is 0 Å². The Hall–Kier alpha value is 5.47. The van der Waals surface area contributed by atoms with Gasteiger partial charge in [-0.15, -0.1) is 0 Å². The maximum absolute atomic E-state index is 0. The molecule has 0 aliphatic rings. The van der Waals surface area contributed by atoms with Gasteiger partial charge in [-0.1, -0.05) is 0 Å². The van der Waals surface area contributed by atoms with Crippen molar-refractivity contribution in [3.05, 3.63) is 0 Å². The van der Waals surface area contributed by atoms with E-state index in [-0.39, 0.29) is 172 Å². The van der Waals surface area contributed by atoms with Crippen molar-refractivity contribution in [3.8, 4) is 0 Å². The predicted molar refractivity (Wildman–Crippen MR) is 3.61 cm³/mol. The molecule has 0 aliphatic heterocycles. The molecule has 5 heteroatoms. The summed E-state index contributed by atoms with van der Waals surface area (Å²) in [6.07, 6.45) is 0. The van der Waals surface area contributed by atoms with Crippen LogP contribution in [-0.4, -0.2) is 5.48 Å². The Morgan fingerprint density at radius 1 is 0.400 bits per heavy atom. The van der Waals surface area contributed by atoms with E-state index in [1.54, 1.807) is 0 Å². The molecular formula is H2Ce4O. The van der Waals surface area contributed by atoms with Gasteiger partial charge in [0.2, 0.25) is 0 Å². The molecule has 0 bridgehead atoms. The van der Waals surface area contributed by atoms with Crippen LogP contribution in [0.25, 0.3) is 0 Å². The van der Waals surface area contributed by atoms with Gasteiger partial charge in [0.15, 0.2) is 0 Å². The fourth-order valence-corrected chi connectivity index (χ4v) is 0. The third-order valence-corrected chi connectivity index (χ3v) is 0. The smallest absolute Gasteiger partial charge is 0 e. The molecule has 0 spiro atoms. The Morgan fingerprint density at radius 3 is 0.400 bits per heavy atom. The minimum atomic E-state index is 0. The Balaban J connectivity index is 0. The van der Waals surface area contributed by atoms with E-state index in [0.29, 0.717) is 0 Å². The van der Waals surface area contributed by atoms with Gasteiger partial charge < -0.3 is 5.48 Å².